The second kappa shape index (κ2) is 11.2. The minimum absolute atomic E-state index is 0.209. The average molecular weight is 498 g/mol. The summed E-state index contributed by atoms with van der Waals surface area (Å²) in [4.78, 5) is 14.3. The molecule has 7 nitrogen and oxygen atoms in total. The third-order valence-electron chi connectivity index (χ3n) is 6.29. The van der Waals surface area contributed by atoms with Gasteiger partial charge in [0.1, 0.15) is 12.4 Å². The SMILES string of the molecule is COc1cc(/C=C/C(=O)NCC2CCN(c3ccc(F)c(F)c3)C2)ccc1OCc1c(C)noc1C. The standard InChI is InChI=1S/C27H29F2N3O4/c1-17-22(18(2)36-31-17)16-35-25-8-4-19(12-26(25)34-3)5-9-27(33)30-14-20-10-11-32(15-20)21-6-7-23(28)24(29)13-21/h4-9,12-13,20H,10-11,14-16H2,1-3H3,(H,30,33)/b9-5+. The number of carbonyl (C=O) groups excluding carboxylic acids is 1. The first-order valence-corrected chi connectivity index (χ1v) is 11.7. The molecular formula is C27H29F2N3O4. The second-order valence-electron chi connectivity index (χ2n) is 8.78. The van der Waals surface area contributed by atoms with Gasteiger partial charge in [0, 0.05) is 37.5 Å². The van der Waals surface area contributed by atoms with E-state index < -0.39 is 11.6 Å². The molecule has 1 unspecified atom stereocenters. The van der Waals surface area contributed by atoms with E-state index in [0.29, 0.717) is 42.6 Å². The molecular weight excluding hydrogens is 468 g/mol. The number of methoxy groups -OCH3 is 1. The first kappa shape index (κ1) is 25.2. The highest BCUT2D eigenvalue weighted by Gasteiger charge is 2.23. The summed E-state index contributed by atoms with van der Waals surface area (Å²) < 4.78 is 43.2. The number of anilines is 1. The average Bonchev–Trinajstić information content (AvgIpc) is 3.48. The van der Waals surface area contributed by atoms with Crippen LogP contribution in [-0.2, 0) is 11.4 Å². The van der Waals surface area contributed by atoms with Gasteiger partial charge in [-0.2, -0.15) is 0 Å². The van der Waals surface area contributed by atoms with E-state index in [9.17, 15) is 13.6 Å². The summed E-state index contributed by atoms with van der Waals surface area (Å²) in [5.41, 5.74) is 3.12. The Kier molecular flexibility index (Phi) is 7.87. The van der Waals surface area contributed by atoms with Crippen LogP contribution in [0.15, 0.2) is 47.0 Å². The van der Waals surface area contributed by atoms with Gasteiger partial charge in [-0.25, -0.2) is 8.78 Å². The third-order valence-corrected chi connectivity index (χ3v) is 6.29. The molecule has 9 heteroatoms. The van der Waals surface area contributed by atoms with E-state index in [4.69, 9.17) is 14.0 Å². The van der Waals surface area contributed by atoms with Crippen LogP contribution in [0.1, 0.15) is 29.0 Å². The van der Waals surface area contributed by atoms with Crippen molar-refractivity contribution in [2.45, 2.75) is 26.9 Å². The molecule has 0 bridgehead atoms. The van der Waals surface area contributed by atoms with Crippen molar-refractivity contribution in [3.05, 3.63) is 76.7 Å². The van der Waals surface area contributed by atoms with Gasteiger partial charge in [0.25, 0.3) is 0 Å². The summed E-state index contributed by atoms with van der Waals surface area (Å²) >= 11 is 0. The monoisotopic (exact) mass is 497 g/mol. The van der Waals surface area contributed by atoms with Crippen LogP contribution in [-0.4, -0.2) is 37.8 Å². The number of benzene rings is 2. The molecule has 36 heavy (non-hydrogen) atoms. The lowest BCUT2D eigenvalue weighted by Crippen LogP contribution is -2.29. The number of nitrogens with one attached hydrogen (secondary N) is 1. The summed E-state index contributed by atoms with van der Waals surface area (Å²) in [6.07, 6.45) is 4.04. The van der Waals surface area contributed by atoms with Crippen molar-refractivity contribution in [2.24, 2.45) is 5.92 Å². The van der Waals surface area contributed by atoms with Gasteiger partial charge in [-0.05, 0) is 62.1 Å². The summed E-state index contributed by atoms with van der Waals surface area (Å²) in [5.74, 6) is 0.144. The summed E-state index contributed by atoms with van der Waals surface area (Å²) in [5, 5.41) is 6.84. The Bertz CT molecular complexity index is 1240. The van der Waals surface area contributed by atoms with E-state index in [2.05, 4.69) is 10.5 Å². The largest absolute Gasteiger partial charge is 0.493 e. The molecule has 0 spiro atoms. The Labute approximate surface area is 208 Å². The predicted molar refractivity (Wildman–Crippen MR) is 132 cm³/mol. The van der Waals surface area contributed by atoms with Crippen molar-refractivity contribution in [1.82, 2.24) is 10.5 Å². The molecule has 1 aliphatic heterocycles. The van der Waals surface area contributed by atoms with Crippen LogP contribution in [0.4, 0.5) is 14.5 Å². The van der Waals surface area contributed by atoms with Crippen molar-refractivity contribution < 1.29 is 27.6 Å². The molecule has 0 aliphatic carbocycles. The number of aryl methyl sites for hydroxylation is 2. The Hall–Kier alpha value is -3.88. The molecule has 2 aromatic carbocycles. The minimum Gasteiger partial charge on any atom is -0.493 e. The Morgan fingerprint density at radius 3 is 2.75 bits per heavy atom. The van der Waals surface area contributed by atoms with Gasteiger partial charge >= 0.3 is 0 Å². The summed E-state index contributed by atoms with van der Waals surface area (Å²) in [6.45, 7) is 5.91. The van der Waals surface area contributed by atoms with Gasteiger partial charge in [0.2, 0.25) is 5.91 Å². The van der Waals surface area contributed by atoms with Crippen LogP contribution in [0, 0.1) is 31.4 Å². The van der Waals surface area contributed by atoms with Gasteiger partial charge in [-0.15, -0.1) is 0 Å². The maximum Gasteiger partial charge on any atom is 0.244 e. The maximum atomic E-state index is 13.5. The molecule has 1 aliphatic rings. The van der Waals surface area contributed by atoms with Gasteiger partial charge < -0.3 is 24.2 Å². The third kappa shape index (κ3) is 6.02. The number of ether oxygens (including phenoxy) is 2. The van der Waals surface area contributed by atoms with Crippen LogP contribution < -0.4 is 19.7 Å². The number of halogens is 2. The fraction of sp³-hybridized carbons (Fsp3) is 0.333. The zero-order chi connectivity index (χ0) is 25.7. The van der Waals surface area contributed by atoms with Gasteiger partial charge in [0.05, 0.1) is 18.4 Å². The quantitative estimate of drug-likeness (QED) is 0.428. The van der Waals surface area contributed by atoms with Crippen LogP contribution in [0.25, 0.3) is 6.08 Å². The van der Waals surface area contributed by atoms with E-state index in [1.165, 1.54) is 12.1 Å². The number of aromatic nitrogens is 1. The van der Waals surface area contributed by atoms with Crippen LogP contribution in [0.5, 0.6) is 11.5 Å². The van der Waals surface area contributed by atoms with Crippen LogP contribution in [0.3, 0.4) is 0 Å². The highest BCUT2D eigenvalue weighted by Crippen LogP contribution is 2.30. The second-order valence-corrected chi connectivity index (χ2v) is 8.78. The first-order chi connectivity index (χ1) is 17.3. The highest BCUT2D eigenvalue weighted by molar-refractivity contribution is 5.91. The van der Waals surface area contributed by atoms with E-state index in [1.807, 2.05) is 24.8 Å². The number of rotatable bonds is 9. The zero-order valence-electron chi connectivity index (χ0n) is 20.5. The molecule has 1 aromatic heterocycles. The predicted octanol–water partition coefficient (Wildman–Crippen LogP) is 4.81. The van der Waals surface area contributed by atoms with E-state index in [-0.39, 0.29) is 11.8 Å². The molecule has 3 aromatic rings. The lowest BCUT2D eigenvalue weighted by Gasteiger charge is -2.19. The molecule has 1 saturated heterocycles. The minimum atomic E-state index is -0.856. The zero-order valence-corrected chi connectivity index (χ0v) is 20.5. The summed E-state index contributed by atoms with van der Waals surface area (Å²) in [7, 11) is 1.56. The number of nitrogens with zero attached hydrogens (tertiary/aromatic N) is 2. The molecule has 1 atom stereocenters. The number of hydrogen-bond acceptors (Lipinski definition) is 6. The van der Waals surface area contributed by atoms with E-state index in [0.717, 1.165) is 35.9 Å². The molecule has 1 N–H and O–H groups in total. The lowest BCUT2D eigenvalue weighted by molar-refractivity contribution is -0.116. The molecule has 0 radical (unpaired) electrons. The number of carbonyl (C=O) groups is 1. The topological polar surface area (TPSA) is 76.8 Å². The molecule has 0 saturated carbocycles. The van der Waals surface area contributed by atoms with Crippen LogP contribution in [0.2, 0.25) is 0 Å². The smallest absolute Gasteiger partial charge is 0.244 e. The molecule has 4 rings (SSSR count). The number of amides is 1. The van der Waals surface area contributed by atoms with Crippen molar-refractivity contribution in [2.75, 3.05) is 31.6 Å². The maximum absolute atomic E-state index is 13.5. The van der Waals surface area contributed by atoms with Crippen LogP contribution >= 0.6 is 0 Å². The lowest BCUT2D eigenvalue weighted by atomic mass is 10.1. The van der Waals surface area contributed by atoms with E-state index in [1.54, 1.807) is 31.4 Å². The van der Waals surface area contributed by atoms with Crippen molar-refractivity contribution >= 4 is 17.7 Å². The normalized spacial score (nSPS) is 15.5. The molecule has 1 fully saturated rings. The number of hydrogen-bond donors (Lipinski definition) is 1. The summed E-state index contributed by atoms with van der Waals surface area (Å²) in [6, 6.07) is 9.34. The Morgan fingerprint density at radius 2 is 2.03 bits per heavy atom. The van der Waals surface area contributed by atoms with Crippen molar-refractivity contribution in [1.29, 1.82) is 0 Å². The fourth-order valence-corrected chi connectivity index (χ4v) is 4.16. The molecule has 1 amide bonds. The Balaban J connectivity index is 1.27. The van der Waals surface area contributed by atoms with E-state index >= 15 is 0 Å². The fourth-order valence-electron chi connectivity index (χ4n) is 4.16. The van der Waals surface area contributed by atoms with Gasteiger partial charge in [0.15, 0.2) is 23.1 Å². The molecule has 190 valence electrons. The van der Waals surface area contributed by atoms with Gasteiger partial charge in [-0.3, -0.25) is 4.79 Å². The van der Waals surface area contributed by atoms with Crippen molar-refractivity contribution in [3.63, 3.8) is 0 Å². The Morgan fingerprint density at radius 1 is 1.19 bits per heavy atom. The van der Waals surface area contributed by atoms with Gasteiger partial charge in [-0.1, -0.05) is 11.2 Å². The molecule has 2 heterocycles. The highest BCUT2D eigenvalue weighted by atomic mass is 19.2. The van der Waals surface area contributed by atoms with Crippen molar-refractivity contribution in [3.8, 4) is 11.5 Å². The first-order valence-electron chi connectivity index (χ1n) is 11.7.